The normalized spacial score (nSPS) is 10.6. The number of benzene rings is 1. The van der Waals surface area contributed by atoms with Crippen LogP contribution in [0.1, 0.15) is 5.56 Å². The lowest BCUT2D eigenvalue weighted by Crippen LogP contribution is -2.01. The van der Waals surface area contributed by atoms with Gasteiger partial charge in [0.2, 0.25) is 0 Å². The molecule has 0 unspecified atom stereocenters. The van der Waals surface area contributed by atoms with Crippen LogP contribution in [0.15, 0.2) is 27.4 Å². The standard InChI is InChI=1S/C11H7BrClF2NS/c12-10-1-6(5-17-10)4-16-11-8(13)2-7(14)3-9(11)15/h1-3,5,16H,4H2. The van der Waals surface area contributed by atoms with Gasteiger partial charge < -0.3 is 5.32 Å². The molecule has 1 aromatic carbocycles. The predicted octanol–water partition coefficient (Wildman–Crippen LogP) is 5.05. The van der Waals surface area contributed by atoms with Gasteiger partial charge in [-0.15, -0.1) is 11.3 Å². The molecule has 17 heavy (non-hydrogen) atoms. The number of thiophene rings is 1. The Kier molecular flexibility index (Phi) is 4.01. The van der Waals surface area contributed by atoms with E-state index in [1.165, 1.54) is 0 Å². The lowest BCUT2D eigenvalue weighted by atomic mass is 10.2. The number of anilines is 1. The minimum absolute atomic E-state index is 0.0387. The molecule has 0 amide bonds. The van der Waals surface area contributed by atoms with E-state index >= 15 is 0 Å². The highest BCUT2D eigenvalue weighted by molar-refractivity contribution is 9.11. The van der Waals surface area contributed by atoms with Crippen molar-refractivity contribution in [3.63, 3.8) is 0 Å². The van der Waals surface area contributed by atoms with Crippen LogP contribution in [0.4, 0.5) is 14.5 Å². The molecule has 0 bridgehead atoms. The monoisotopic (exact) mass is 337 g/mol. The zero-order chi connectivity index (χ0) is 12.4. The van der Waals surface area contributed by atoms with Gasteiger partial charge in [0, 0.05) is 12.6 Å². The molecule has 0 spiro atoms. The van der Waals surface area contributed by atoms with Crippen LogP contribution in [-0.4, -0.2) is 0 Å². The second kappa shape index (κ2) is 5.33. The third-order valence-electron chi connectivity index (χ3n) is 2.10. The van der Waals surface area contributed by atoms with Gasteiger partial charge >= 0.3 is 0 Å². The summed E-state index contributed by atoms with van der Waals surface area (Å²) in [6.45, 7) is 0.435. The second-order valence-corrected chi connectivity index (χ2v) is 6.05. The van der Waals surface area contributed by atoms with Crippen molar-refractivity contribution >= 4 is 44.6 Å². The first kappa shape index (κ1) is 12.8. The molecule has 1 nitrogen and oxygen atoms in total. The zero-order valence-corrected chi connectivity index (χ0v) is 11.6. The molecule has 6 heteroatoms. The number of nitrogens with one attached hydrogen (secondary N) is 1. The van der Waals surface area contributed by atoms with Crippen molar-refractivity contribution in [1.82, 2.24) is 0 Å². The van der Waals surface area contributed by atoms with Crippen molar-refractivity contribution in [2.75, 3.05) is 5.32 Å². The molecule has 0 aliphatic rings. The summed E-state index contributed by atoms with van der Waals surface area (Å²) >= 11 is 10.6. The Morgan fingerprint density at radius 2 is 2.06 bits per heavy atom. The lowest BCUT2D eigenvalue weighted by molar-refractivity contribution is 0.585. The molecule has 0 radical (unpaired) electrons. The summed E-state index contributed by atoms with van der Waals surface area (Å²) in [5, 5.41) is 4.83. The molecule has 2 aromatic rings. The van der Waals surface area contributed by atoms with Crippen molar-refractivity contribution in [2.45, 2.75) is 6.54 Å². The quantitative estimate of drug-likeness (QED) is 0.825. The van der Waals surface area contributed by atoms with Gasteiger partial charge in [-0.05, 0) is 39.0 Å². The van der Waals surface area contributed by atoms with Crippen LogP contribution in [-0.2, 0) is 6.54 Å². The molecule has 2 rings (SSSR count). The molecule has 0 fully saturated rings. The second-order valence-electron chi connectivity index (χ2n) is 3.36. The largest absolute Gasteiger partial charge is 0.377 e. The molecule has 0 saturated heterocycles. The van der Waals surface area contributed by atoms with E-state index in [0.29, 0.717) is 6.54 Å². The minimum atomic E-state index is -0.690. The fourth-order valence-electron chi connectivity index (χ4n) is 1.34. The van der Waals surface area contributed by atoms with E-state index in [1.807, 2.05) is 11.4 Å². The summed E-state index contributed by atoms with van der Waals surface area (Å²) in [4.78, 5) is 0. The van der Waals surface area contributed by atoms with Crippen molar-refractivity contribution in [1.29, 1.82) is 0 Å². The summed E-state index contributed by atoms with van der Waals surface area (Å²) in [7, 11) is 0. The molecule has 1 N–H and O–H groups in total. The fourth-order valence-corrected chi connectivity index (χ4v) is 2.81. The van der Waals surface area contributed by atoms with Crippen molar-refractivity contribution in [3.8, 4) is 0 Å². The van der Waals surface area contributed by atoms with Crippen LogP contribution in [0.5, 0.6) is 0 Å². The molecule has 1 aromatic heterocycles. The van der Waals surface area contributed by atoms with Crippen molar-refractivity contribution in [3.05, 3.63) is 49.6 Å². The first-order chi connectivity index (χ1) is 8.06. The number of rotatable bonds is 3. The van der Waals surface area contributed by atoms with Crippen molar-refractivity contribution < 1.29 is 8.78 Å². The van der Waals surface area contributed by atoms with Gasteiger partial charge in [0.15, 0.2) is 5.82 Å². The Bertz CT molecular complexity index is 521. The van der Waals surface area contributed by atoms with E-state index in [0.717, 1.165) is 21.5 Å². The first-order valence-corrected chi connectivity index (χ1v) is 6.72. The maximum absolute atomic E-state index is 13.4. The molecule has 1 heterocycles. The Hall–Kier alpha value is -0.650. The van der Waals surface area contributed by atoms with Crippen LogP contribution >= 0.6 is 38.9 Å². The summed E-state index contributed by atoms with van der Waals surface area (Å²) in [5.74, 6) is -1.37. The van der Waals surface area contributed by atoms with Crippen LogP contribution < -0.4 is 5.32 Å². The van der Waals surface area contributed by atoms with E-state index in [1.54, 1.807) is 11.3 Å². The van der Waals surface area contributed by atoms with Crippen molar-refractivity contribution in [2.24, 2.45) is 0 Å². The summed E-state index contributed by atoms with van der Waals surface area (Å²) in [5.41, 5.74) is 1.12. The SMILES string of the molecule is Fc1cc(F)c(NCc2csc(Br)c2)c(Cl)c1. The highest BCUT2D eigenvalue weighted by Crippen LogP contribution is 2.28. The van der Waals surface area contributed by atoms with Crippen LogP contribution in [0.2, 0.25) is 5.02 Å². The van der Waals surface area contributed by atoms with Gasteiger partial charge in [-0.3, -0.25) is 0 Å². The lowest BCUT2D eigenvalue weighted by Gasteiger charge is -2.08. The summed E-state index contributed by atoms with van der Waals surface area (Å²) in [6, 6.07) is 3.81. The Morgan fingerprint density at radius 3 is 2.65 bits per heavy atom. The maximum Gasteiger partial charge on any atom is 0.150 e. The van der Waals surface area contributed by atoms with Gasteiger partial charge in [0.1, 0.15) is 5.82 Å². The van der Waals surface area contributed by atoms with Crippen LogP contribution in [0.25, 0.3) is 0 Å². The van der Waals surface area contributed by atoms with E-state index < -0.39 is 11.6 Å². The maximum atomic E-state index is 13.4. The molecule has 0 atom stereocenters. The molecule has 0 saturated carbocycles. The Labute approximate surface area is 115 Å². The van der Waals surface area contributed by atoms with Crippen LogP contribution in [0, 0.1) is 11.6 Å². The van der Waals surface area contributed by atoms with E-state index in [2.05, 4.69) is 21.2 Å². The Morgan fingerprint density at radius 1 is 1.29 bits per heavy atom. The summed E-state index contributed by atoms with van der Waals surface area (Å²) in [6.07, 6.45) is 0. The molecule has 0 aliphatic heterocycles. The zero-order valence-electron chi connectivity index (χ0n) is 8.44. The molecular weight excluding hydrogens is 332 g/mol. The van der Waals surface area contributed by atoms with Gasteiger partial charge in [0.25, 0.3) is 0 Å². The Balaban J connectivity index is 2.14. The van der Waals surface area contributed by atoms with E-state index in [-0.39, 0.29) is 10.7 Å². The molecular formula is C11H7BrClF2NS. The van der Waals surface area contributed by atoms with E-state index in [9.17, 15) is 8.78 Å². The third-order valence-corrected chi connectivity index (χ3v) is 3.95. The fraction of sp³-hybridized carbons (Fsp3) is 0.0909. The highest BCUT2D eigenvalue weighted by Gasteiger charge is 2.09. The first-order valence-electron chi connectivity index (χ1n) is 4.67. The number of hydrogen-bond acceptors (Lipinski definition) is 2. The highest BCUT2D eigenvalue weighted by atomic mass is 79.9. The smallest absolute Gasteiger partial charge is 0.150 e. The third kappa shape index (κ3) is 3.18. The van der Waals surface area contributed by atoms with Gasteiger partial charge in [-0.2, -0.15) is 0 Å². The predicted molar refractivity (Wildman–Crippen MR) is 70.7 cm³/mol. The van der Waals surface area contributed by atoms with Gasteiger partial charge in [0.05, 0.1) is 14.5 Å². The van der Waals surface area contributed by atoms with Gasteiger partial charge in [-0.25, -0.2) is 8.78 Å². The molecule has 0 aliphatic carbocycles. The average Bonchev–Trinajstić information content (AvgIpc) is 2.62. The van der Waals surface area contributed by atoms with Gasteiger partial charge in [-0.1, -0.05) is 11.6 Å². The number of halogens is 4. The average molecular weight is 339 g/mol. The molecule has 90 valence electrons. The number of hydrogen-bond donors (Lipinski definition) is 1. The minimum Gasteiger partial charge on any atom is -0.377 e. The van der Waals surface area contributed by atoms with E-state index in [4.69, 9.17) is 11.6 Å². The van der Waals surface area contributed by atoms with Crippen LogP contribution in [0.3, 0.4) is 0 Å². The topological polar surface area (TPSA) is 12.0 Å². The summed E-state index contributed by atoms with van der Waals surface area (Å²) < 4.78 is 27.2.